The molecule has 210 valence electrons. The Morgan fingerprint density at radius 1 is 0.974 bits per heavy atom. The molecule has 2 aromatic rings. The van der Waals surface area contributed by atoms with Crippen LogP contribution in [-0.4, -0.2) is 88.9 Å². The molecule has 1 saturated heterocycles. The largest absolute Gasteiger partial charge is 0.490 e. The fourth-order valence-corrected chi connectivity index (χ4v) is 5.76. The number of β-amino-alcohol motifs (C(OH)–C–C–N with tert-alkyl or cyclic N) is 1. The van der Waals surface area contributed by atoms with Gasteiger partial charge in [-0.25, -0.2) is 4.79 Å². The van der Waals surface area contributed by atoms with Gasteiger partial charge in [-0.2, -0.15) is 0 Å². The van der Waals surface area contributed by atoms with Gasteiger partial charge in [0.2, 0.25) is 0 Å². The smallest absolute Gasteiger partial charge is 0.410 e. The third kappa shape index (κ3) is 6.92. The number of ether oxygens (including phenoxy) is 2. The minimum Gasteiger partial charge on any atom is -0.490 e. The number of likely N-dealkylation sites (tertiary alicyclic amines) is 1. The molecule has 8 nitrogen and oxygen atoms in total. The van der Waals surface area contributed by atoms with Crippen LogP contribution < -0.4 is 4.74 Å². The molecule has 3 aliphatic heterocycles. The van der Waals surface area contributed by atoms with E-state index in [-0.39, 0.29) is 18.1 Å². The van der Waals surface area contributed by atoms with Gasteiger partial charge in [-0.05, 0) is 68.5 Å². The molecule has 5 rings (SSSR count). The molecule has 3 aliphatic rings. The van der Waals surface area contributed by atoms with Gasteiger partial charge in [0.15, 0.2) is 0 Å². The first-order chi connectivity index (χ1) is 18.6. The number of hydrogen-bond acceptors (Lipinski definition) is 6. The summed E-state index contributed by atoms with van der Waals surface area (Å²) in [5.41, 5.74) is 3.89. The second kappa shape index (κ2) is 11.6. The van der Waals surface area contributed by atoms with Crippen LogP contribution in [0, 0.1) is 0 Å². The predicted molar refractivity (Wildman–Crippen MR) is 149 cm³/mol. The predicted octanol–water partition coefficient (Wildman–Crippen LogP) is 3.88. The maximum atomic E-state index is 13.2. The molecular weight excluding hydrogens is 494 g/mol. The Bertz CT molecular complexity index is 1180. The van der Waals surface area contributed by atoms with Gasteiger partial charge in [0.25, 0.3) is 5.91 Å². The van der Waals surface area contributed by atoms with Gasteiger partial charge in [0, 0.05) is 64.2 Å². The molecule has 0 aliphatic carbocycles. The summed E-state index contributed by atoms with van der Waals surface area (Å²) in [5, 5.41) is 10.8. The molecule has 1 N–H and O–H groups in total. The molecule has 0 radical (unpaired) electrons. The van der Waals surface area contributed by atoms with E-state index in [1.807, 2.05) is 39.0 Å². The van der Waals surface area contributed by atoms with E-state index in [1.165, 1.54) is 11.1 Å². The number of carbonyl (C=O) groups excluding carboxylic acids is 2. The zero-order chi connectivity index (χ0) is 27.6. The van der Waals surface area contributed by atoms with Crippen LogP contribution in [0.5, 0.6) is 5.75 Å². The first-order valence-corrected chi connectivity index (χ1v) is 14.2. The van der Waals surface area contributed by atoms with Gasteiger partial charge in [-0.1, -0.05) is 24.3 Å². The van der Waals surface area contributed by atoms with Gasteiger partial charge in [0.1, 0.15) is 17.5 Å². The van der Waals surface area contributed by atoms with Crippen molar-refractivity contribution in [1.82, 2.24) is 14.7 Å². The third-order valence-electron chi connectivity index (χ3n) is 7.75. The Balaban J connectivity index is 1.10. The molecule has 39 heavy (non-hydrogen) atoms. The van der Waals surface area contributed by atoms with Crippen molar-refractivity contribution in [3.63, 3.8) is 0 Å². The number of aliphatic hydroxyl groups excluding tert-OH is 1. The van der Waals surface area contributed by atoms with Crippen LogP contribution in [0.4, 0.5) is 4.79 Å². The number of benzene rings is 2. The lowest BCUT2D eigenvalue weighted by atomic mass is 9.98. The van der Waals surface area contributed by atoms with E-state index in [4.69, 9.17) is 9.47 Å². The molecule has 0 spiro atoms. The normalized spacial score (nSPS) is 19.3. The molecular formula is C31H41N3O5. The first-order valence-electron chi connectivity index (χ1n) is 14.2. The molecule has 0 bridgehead atoms. The third-order valence-corrected chi connectivity index (χ3v) is 7.75. The molecule has 2 amide bonds. The quantitative estimate of drug-likeness (QED) is 0.605. The summed E-state index contributed by atoms with van der Waals surface area (Å²) in [6.45, 7) is 10.1. The van der Waals surface area contributed by atoms with Crippen LogP contribution in [0.3, 0.4) is 0 Å². The maximum absolute atomic E-state index is 13.2. The Kier molecular flexibility index (Phi) is 8.14. The van der Waals surface area contributed by atoms with E-state index in [2.05, 4.69) is 29.2 Å². The van der Waals surface area contributed by atoms with Crippen LogP contribution in [0.25, 0.3) is 0 Å². The van der Waals surface area contributed by atoms with Gasteiger partial charge >= 0.3 is 6.09 Å². The second-order valence-corrected chi connectivity index (χ2v) is 12.0. The number of hydrogen-bond donors (Lipinski definition) is 1. The fourth-order valence-electron chi connectivity index (χ4n) is 5.76. The number of aliphatic hydroxyl groups is 1. The minimum absolute atomic E-state index is 0.0226. The number of rotatable bonds is 6. The molecule has 0 aromatic heterocycles. The highest BCUT2D eigenvalue weighted by molar-refractivity contribution is 5.97. The van der Waals surface area contributed by atoms with Crippen LogP contribution in [0.1, 0.15) is 60.7 Å². The summed E-state index contributed by atoms with van der Waals surface area (Å²) < 4.78 is 11.7. The zero-order valence-corrected chi connectivity index (χ0v) is 23.4. The molecule has 3 heterocycles. The van der Waals surface area contributed by atoms with E-state index >= 15 is 0 Å². The summed E-state index contributed by atoms with van der Waals surface area (Å²) in [6, 6.07) is 14.2. The summed E-state index contributed by atoms with van der Waals surface area (Å²) in [6.07, 6.45) is 2.37. The number of carbonyl (C=O) groups is 2. The lowest BCUT2D eigenvalue weighted by molar-refractivity contribution is 0.0126. The van der Waals surface area contributed by atoms with Gasteiger partial charge < -0.3 is 24.4 Å². The molecule has 8 heteroatoms. The Morgan fingerprint density at radius 2 is 1.69 bits per heavy atom. The van der Waals surface area contributed by atoms with Gasteiger partial charge in [-0.3, -0.25) is 9.69 Å². The zero-order valence-electron chi connectivity index (χ0n) is 23.4. The van der Waals surface area contributed by atoms with Crippen molar-refractivity contribution in [2.75, 3.05) is 39.3 Å². The fraction of sp³-hybridized carbons (Fsp3) is 0.548. The lowest BCUT2D eigenvalue weighted by Gasteiger charge is -2.34. The Morgan fingerprint density at radius 3 is 2.44 bits per heavy atom. The van der Waals surface area contributed by atoms with Crippen molar-refractivity contribution < 1.29 is 24.2 Å². The highest BCUT2D eigenvalue weighted by Gasteiger charge is 2.30. The molecule has 2 aromatic carbocycles. The van der Waals surface area contributed by atoms with Gasteiger partial charge in [0.05, 0.1) is 6.10 Å². The van der Waals surface area contributed by atoms with Crippen LogP contribution in [-0.2, 0) is 24.1 Å². The van der Waals surface area contributed by atoms with Crippen molar-refractivity contribution >= 4 is 12.0 Å². The van der Waals surface area contributed by atoms with E-state index < -0.39 is 11.7 Å². The number of piperidine rings is 1. The van der Waals surface area contributed by atoms with Gasteiger partial charge in [-0.15, -0.1) is 0 Å². The number of nitrogens with zero attached hydrogens (tertiary/aromatic N) is 3. The summed E-state index contributed by atoms with van der Waals surface area (Å²) >= 11 is 0. The molecule has 0 saturated carbocycles. The van der Waals surface area contributed by atoms with Crippen molar-refractivity contribution in [3.05, 3.63) is 64.7 Å². The summed E-state index contributed by atoms with van der Waals surface area (Å²) in [7, 11) is 0. The summed E-state index contributed by atoms with van der Waals surface area (Å²) in [4.78, 5) is 31.3. The highest BCUT2D eigenvalue weighted by atomic mass is 16.6. The van der Waals surface area contributed by atoms with E-state index in [0.717, 1.165) is 50.1 Å². The van der Waals surface area contributed by atoms with Crippen LogP contribution >= 0.6 is 0 Å². The molecule has 0 unspecified atom stereocenters. The van der Waals surface area contributed by atoms with Crippen molar-refractivity contribution in [2.24, 2.45) is 0 Å². The average Bonchev–Trinajstić information content (AvgIpc) is 2.90. The average molecular weight is 536 g/mol. The molecule has 1 atom stereocenters. The standard InChI is InChI=1S/C31H41N3O5/c1-31(2,3)39-30(37)33-16-12-26(13-17-33)38-27-8-9-28-23(18-27)11-15-34(29(28)36)21-25(35)20-32-14-10-22-6-4-5-7-24(22)19-32/h4-9,18,25-26,35H,10-17,19-21H2,1-3H3/t25-/m1/s1. The topological polar surface area (TPSA) is 82.5 Å². The van der Waals surface area contributed by atoms with Crippen molar-refractivity contribution in [1.29, 1.82) is 0 Å². The Labute approximate surface area is 231 Å². The minimum atomic E-state index is -0.588. The number of fused-ring (bicyclic) bond motifs is 2. The van der Waals surface area contributed by atoms with E-state index in [0.29, 0.717) is 38.3 Å². The van der Waals surface area contributed by atoms with E-state index in [9.17, 15) is 14.7 Å². The Hall–Kier alpha value is -3.10. The first kappa shape index (κ1) is 27.5. The second-order valence-electron chi connectivity index (χ2n) is 12.0. The highest BCUT2D eigenvalue weighted by Crippen LogP contribution is 2.27. The lowest BCUT2D eigenvalue weighted by Crippen LogP contribution is -2.46. The summed E-state index contributed by atoms with van der Waals surface area (Å²) in [5.74, 6) is 0.729. The van der Waals surface area contributed by atoms with Crippen LogP contribution in [0.2, 0.25) is 0 Å². The van der Waals surface area contributed by atoms with Crippen molar-refractivity contribution in [3.8, 4) is 5.75 Å². The SMILES string of the molecule is CC(C)(C)OC(=O)N1CCC(Oc2ccc3c(c2)CCN(C[C@H](O)CN2CCc4ccccc4C2)C3=O)CC1. The van der Waals surface area contributed by atoms with Crippen LogP contribution in [0.15, 0.2) is 42.5 Å². The number of amides is 2. The molecule has 1 fully saturated rings. The van der Waals surface area contributed by atoms with E-state index in [1.54, 1.807) is 9.80 Å². The maximum Gasteiger partial charge on any atom is 0.410 e. The van der Waals surface area contributed by atoms with Crippen molar-refractivity contribution in [2.45, 2.75) is 70.8 Å². The monoisotopic (exact) mass is 535 g/mol.